The van der Waals surface area contributed by atoms with Crippen LogP contribution in [-0.2, 0) is 9.47 Å². The standard InChI is InChI=1S/C3H3FO3/c4-2-1-6-3(5)7-2/h2H,1H2/i3+1. The van der Waals surface area contributed by atoms with E-state index in [0.29, 0.717) is 0 Å². The summed E-state index contributed by atoms with van der Waals surface area (Å²) in [5.41, 5.74) is 0. The average molecular weight is 107 g/mol. The van der Waals surface area contributed by atoms with E-state index < -0.39 is 12.5 Å². The quantitative estimate of drug-likeness (QED) is 0.333. The predicted molar refractivity (Wildman–Crippen MR) is 17.3 cm³/mol. The summed E-state index contributed by atoms with van der Waals surface area (Å²) >= 11 is 0. The third-order valence-corrected chi connectivity index (χ3v) is 0.556. The minimum atomic E-state index is -1.55. The van der Waals surface area contributed by atoms with Gasteiger partial charge in [-0.1, -0.05) is 0 Å². The molecule has 1 fully saturated rings. The predicted octanol–water partition coefficient (Wildman–Crippen LogP) is 0.449. The zero-order valence-corrected chi connectivity index (χ0v) is 3.39. The van der Waals surface area contributed by atoms with Crippen LogP contribution in [0.2, 0.25) is 0 Å². The molecule has 1 saturated heterocycles. The topological polar surface area (TPSA) is 35.5 Å². The highest BCUT2D eigenvalue weighted by atomic mass is 19.1. The number of carbonyl (C=O) groups excluding carboxylic acids is 1. The van der Waals surface area contributed by atoms with Crippen LogP contribution >= 0.6 is 0 Å². The molecule has 1 aliphatic heterocycles. The van der Waals surface area contributed by atoms with Crippen LogP contribution in [-0.4, -0.2) is 19.1 Å². The highest BCUT2D eigenvalue weighted by molar-refractivity contribution is 5.61. The summed E-state index contributed by atoms with van der Waals surface area (Å²) < 4.78 is 19.5. The van der Waals surface area contributed by atoms with Gasteiger partial charge in [-0.2, -0.15) is 4.39 Å². The smallest absolute Gasteiger partial charge is 0.427 e. The molecule has 0 amide bonds. The van der Waals surface area contributed by atoms with Crippen LogP contribution in [0, 0.1) is 0 Å². The van der Waals surface area contributed by atoms with Gasteiger partial charge in [0.05, 0.1) is 0 Å². The Hall–Kier alpha value is -0.800. The summed E-state index contributed by atoms with van der Waals surface area (Å²) in [5.74, 6) is 0. The maximum absolute atomic E-state index is 11.6. The number of carbonyl (C=O) groups is 1. The van der Waals surface area contributed by atoms with Gasteiger partial charge >= 0.3 is 6.16 Å². The minimum absolute atomic E-state index is 0.265. The maximum atomic E-state index is 11.6. The molecule has 7 heavy (non-hydrogen) atoms. The van der Waals surface area contributed by atoms with E-state index in [0.717, 1.165) is 0 Å². The Bertz CT molecular complexity index is 92.2. The molecule has 0 aliphatic carbocycles. The van der Waals surface area contributed by atoms with Gasteiger partial charge in [0.25, 0.3) is 6.36 Å². The lowest BCUT2D eigenvalue weighted by Gasteiger charge is -1.85. The van der Waals surface area contributed by atoms with Crippen molar-refractivity contribution in [1.82, 2.24) is 0 Å². The molecule has 0 N–H and O–H groups in total. The van der Waals surface area contributed by atoms with Gasteiger partial charge in [0.15, 0.2) is 6.61 Å². The van der Waals surface area contributed by atoms with Gasteiger partial charge in [-0.3, -0.25) is 0 Å². The summed E-state index contributed by atoms with van der Waals surface area (Å²) in [6, 6.07) is 0. The van der Waals surface area contributed by atoms with E-state index in [1.165, 1.54) is 0 Å². The van der Waals surface area contributed by atoms with Crippen molar-refractivity contribution in [2.45, 2.75) is 6.36 Å². The molecule has 3 nitrogen and oxygen atoms in total. The molecule has 0 aromatic heterocycles. The molecule has 0 bridgehead atoms. The second kappa shape index (κ2) is 1.36. The van der Waals surface area contributed by atoms with Gasteiger partial charge in [-0.25, -0.2) is 4.79 Å². The SMILES string of the molecule is O=[13C]1OCC(F)O1. The molecule has 40 valence electrons. The first kappa shape index (κ1) is 4.36. The largest absolute Gasteiger partial charge is 0.511 e. The van der Waals surface area contributed by atoms with E-state index in [4.69, 9.17) is 0 Å². The Morgan fingerprint density at radius 1 is 1.86 bits per heavy atom. The van der Waals surface area contributed by atoms with Crippen LogP contribution in [0.25, 0.3) is 0 Å². The molecule has 0 aromatic carbocycles. The molecule has 1 aliphatic rings. The lowest BCUT2D eigenvalue weighted by atomic mass is 10.8. The first-order chi connectivity index (χ1) is 3.29. The second-order valence-electron chi connectivity index (χ2n) is 1.09. The highest BCUT2D eigenvalue weighted by Gasteiger charge is 2.23. The first-order valence-electron chi connectivity index (χ1n) is 1.76. The van der Waals surface area contributed by atoms with Crippen molar-refractivity contribution in [2.75, 3.05) is 6.61 Å². The van der Waals surface area contributed by atoms with Crippen LogP contribution in [0.4, 0.5) is 9.18 Å². The number of cyclic esters (lactones) is 2. The zero-order valence-electron chi connectivity index (χ0n) is 3.39. The van der Waals surface area contributed by atoms with Gasteiger partial charge < -0.3 is 9.47 Å². The van der Waals surface area contributed by atoms with Crippen LogP contribution in [0.5, 0.6) is 0 Å². The summed E-state index contributed by atoms with van der Waals surface area (Å²) in [5, 5.41) is 0. The number of alkyl halides is 1. The fourth-order valence-corrected chi connectivity index (χ4v) is 0.306. The minimum Gasteiger partial charge on any atom is -0.427 e. The van der Waals surface area contributed by atoms with Crippen LogP contribution in [0.3, 0.4) is 0 Å². The first-order valence-corrected chi connectivity index (χ1v) is 1.76. The Kier molecular flexibility index (Phi) is 0.850. The Morgan fingerprint density at radius 2 is 2.57 bits per heavy atom. The van der Waals surface area contributed by atoms with Crippen molar-refractivity contribution in [3.05, 3.63) is 0 Å². The van der Waals surface area contributed by atoms with Crippen LogP contribution in [0.15, 0.2) is 0 Å². The average Bonchev–Trinajstić information content (AvgIpc) is 1.87. The van der Waals surface area contributed by atoms with E-state index in [1.807, 2.05) is 0 Å². The van der Waals surface area contributed by atoms with E-state index >= 15 is 0 Å². The lowest BCUT2D eigenvalue weighted by Crippen LogP contribution is -1.98. The molecule has 1 rings (SSSR count). The Morgan fingerprint density at radius 3 is 2.71 bits per heavy atom. The van der Waals surface area contributed by atoms with Gasteiger partial charge in [-0.15, -0.1) is 0 Å². The molecule has 0 saturated carbocycles. The van der Waals surface area contributed by atoms with Crippen molar-refractivity contribution in [3.63, 3.8) is 0 Å². The van der Waals surface area contributed by atoms with Crippen molar-refractivity contribution in [2.24, 2.45) is 0 Å². The fourth-order valence-electron chi connectivity index (χ4n) is 0.306. The molecule has 1 atom stereocenters. The van der Waals surface area contributed by atoms with Crippen molar-refractivity contribution in [3.8, 4) is 0 Å². The molecule has 0 spiro atoms. The van der Waals surface area contributed by atoms with E-state index in [1.54, 1.807) is 0 Å². The highest BCUT2D eigenvalue weighted by Crippen LogP contribution is 2.05. The van der Waals surface area contributed by atoms with E-state index in [9.17, 15) is 9.18 Å². The van der Waals surface area contributed by atoms with Crippen molar-refractivity contribution < 1.29 is 18.7 Å². The summed E-state index contributed by atoms with van der Waals surface area (Å²) in [6.07, 6.45) is -2.47. The summed E-state index contributed by atoms with van der Waals surface area (Å²) in [4.78, 5) is 9.77. The summed E-state index contributed by atoms with van der Waals surface area (Å²) in [7, 11) is 0. The summed E-state index contributed by atoms with van der Waals surface area (Å²) in [6.45, 7) is -0.265. The third kappa shape index (κ3) is 0.792. The monoisotopic (exact) mass is 107 g/mol. The Labute approximate surface area is 39.0 Å². The molecule has 1 heterocycles. The van der Waals surface area contributed by atoms with Gasteiger partial charge in [0.1, 0.15) is 0 Å². The molecular formula is C3H3FO3. The third-order valence-electron chi connectivity index (χ3n) is 0.556. The molecule has 0 aromatic rings. The normalized spacial score (nSPS) is 29.3. The second-order valence-corrected chi connectivity index (χ2v) is 1.09. The van der Waals surface area contributed by atoms with Crippen LogP contribution in [0.1, 0.15) is 0 Å². The van der Waals surface area contributed by atoms with E-state index in [2.05, 4.69) is 9.47 Å². The van der Waals surface area contributed by atoms with Crippen molar-refractivity contribution in [1.29, 1.82) is 0 Å². The lowest BCUT2D eigenvalue weighted by molar-refractivity contribution is 0.0573. The molecule has 1 unspecified atom stereocenters. The van der Waals surface area contributed by atoms with Gasteiger partial charge in [0, 0.05) is 0 Å². The number of halogens is 1. The molecular weight excluding hydrogens is 104 g/mol. The van der Waals surface area contributed by atoms with Gasteiger partial charge in [0.2, 0.25) is 0 Å². The Balaban J connectivity index is 2.40. The number of hydrogen-bond acceptors (Lipinski definition) is 3. The number of ether oxygens (including phenoxy) is 2. The van der Waals surface area contributed by atoms with Crippen LogP contribution < -0.4 is 0 Å². The van der Waals surface area contributed by atoms with Gasteiger partial charge in [-0.05, 0) is 0 Å². The van der Waals surface area contributed by atoms with Crippen molar-refractivity contribution >= 4 is 6.16 Å². The number of hydrogen-bond donors (Lipinski definition) is 0. The fraction of sp³-hybridized carbons (Fsp3) is 0.667. The number of rotatable bonds is 0. The molecule has 4 heteroatoms. The zero-order chi connectivity index (χ0) is 5.28. The van der Waals surface area contributed by atoms with E-state index in [-0.39, 0.29) is 6.61 Å². The maximum Gasteiger partial charge on any atom is 0.511 e. The molecule has 0 radical (unpaired) electrons.